The monoisotopic (exact) mass is 390 g/mol. The van der Waals surface area contributed by atoms with E-state index in [9.17, 15) is 18.0 Å². The number of ether oxygens (including phenoxy) is 2. The number of methoxy groups -OCH3 is 1. The van der Waals surface area contributed by atoms with Gasteiger partial charge in [-0.25, -0.2) is 0 Å². The van der Waals surface area contributed by atoms with Gasteiger partial charge >= 0.3 is 12.1 Å². The van der Waals surface area contributed by atoms with Crippen LogP contribution in [0.25, 0.3) is 0 Å². The summed E-state index contributed by atoms with van der Waals surface area (Å²) in [6, 6.07) is 9.93. The van der Waals surface area contributed by atoms with E-state index < -0.39 is 11.7 Å². The summed E-state index contributed by atoms with van der Waals surface area (Å²) in [4.78, 5) is 11.1. The summed E-state index contributed by atoms with van der Waals surface area (Å²) in [5.41, 5.74) is 0.0623. The molecule has 2 aromatic rings. The lowest BCUT2D eigenvalue weighted by Gasteiger charge is -2.12. The predicted octanol–water partition coefficient (Wildman–Crippen LogP) is 5.56. The number of hydrogen-bond acceptors (Lipinski definition) is 4. The quantitative estimate of drug-likeness (QED) is 0.605. The van der Waals surface area contributed by atoms with E-state index in [2.05, 4.69) is 4.74 Å². The van der Waals surface area contributed by atoms with Crippen LogP contribution in [-0.2, 0) is 21.5 Å². The van der Waals surface area contributed by atoms with Gasteiger partial charge in [-0.3, -0.25) is 4.79 Å². The second kappa shape index (κ2) is 8.49. The largest absolute Gasteiger partial charge is 0.468 e. The van der Waals surface area contributed by atoms with E-state index in [-0.39, 0.29) is 22.5 Å². The minimum Gasteiger partial charge on any atom is -0.468 e. The maximum absolute atomic E-state index is 12.6. The van der Waals surface area contributed by atoms with E-state index >= 15 is 0 Å². The number of hydrogen-bond donors (Lipinski definition) is 0. The van der Waals surface area contributed by atoms with E-state index in [1.807, 2.05) is 6.07 Å². The van der Waals surface area contributed by atoms with Gasteiger partial charge in [-0.15, -0.1) is 11.8 Å². The standard InChI is InChI=1S/C17H14ClF3O3S/c1-23-16(22)10-25-9-11-3-2-4-13(7-11)24-15-6-5-12(8-14(15)18)17(19,20)21/h2-8H,9-10H2,1H3. The molecule has 0 amide bonds. The average molecular weight is 391 g/mol. The third-order valence-electron chi connectivity index (χ3n) is 3.10. The number of halogens is 4. The molecule has 0 unspecified atom stereocenters. The highest BCUT2D eigenvalue weighted by Crippen LogP contribution is 2.36. The number of esters is 1. The van der Waals surface area contributed by atoms with Crippen molar-refractivity contribution in [2.24, 2.45) is 0 Å². The van der Waals surface area contributed by atoms with Crippen LogP contribution in [0.15, 0.2) is 42.5 Å². The van der Waals surface area contributed by atoms with Crippen LogP contribution in [0.4, 0.5) is 13.2 Å². The Morgan fingerprint density at radius 1 is 1.20 bits per heavy atom. The maximum Gasteiger partial charge on any atom is 0.416 e. The zero-order valence-corrected chi connectivity index (χ0v) is 14.7. The third-order valence-corrected chi connectivity index (χ3v) is 4.37. The molecule has 2 rings (SSSR count). The summed E-state index contributed by atoms with van der Waals surface area (Å²) in [5.74, 6) is 1.06. The van der Waals surface area contributed by atoms with Gasteiger partial charge in [-0.05, 0) is 35.9 Å². The molecule has 0 saturated carbocycles. The molecule has 0 bridgehead atoms. The maximum atomic E-state index is 12.6. The number of benzene rings is 2. The summed E-state index contributed by atoms with van der Waals surface area (Å²) >= 11 is 7.26. The van der Waals surface area contributed by atoms with Crippen molar-refractivity contribution in [3.05, 3.63) is 58.6 Å². The Bertz CT molecular complexity index is 750. The summed E-state index contributed by atoms with van der Waals surface area (Å²) in [7, 11) is 1.32. The van der Waals surface area contributed by atoms with Crippen LogP contribution in [0, 0.1) is 0 Å². The van der Waals surface area contributed by atoms with Crippen LogP contribution in [0.5, 0.6) is 11.5 Å². The molecular weight excluding hydrogens is 377 g/mol. The van der Waals surface area contributed by atoms with Crippen molar-refractivity contribution in [1.29, 1.82) is 0 Å². The van der Waals surface area contributed by atoms with Crippen molar-refractivity contribution in [2.45, 2.75) is 11.9 Å². The molecule has 0 aromatic heterocycles. The molecular formula is C17H14ClF3O3S. The van der Waals surface area contributed by atoms with Crippen LogP contribution in [-0.4, -0.2) is 18.8 Å². The number of rotatable bonds is 6. The first-order valence-electron chi connectivity index (χ1n) is 7.07. The van der Waals surface area contributed by atoms with E-state index in [1.165, 1.54) is 24.9 Å². The van der Waals surface area contributed by atoms with E-state index in [4.69, 9.17) is 16.3 Å². The Labute approximate surface area is 152 Å². The van der Waals surface area contributed by atoms with Gasteiger partial charge in [-0.1, -0.05) is 23.7 Å². The topological polar surface area (TPSA) is 35.5 Å². The second-order valence-corrected chi connectivity index (χ2v) is 6.35. The second-order valence-electron chi connectivity index (χ2n) is 4.96. The highest BCUT2D eigenvalue weighted by atomic mass is 35.5. The van der Waals surface area contributed by atoms with Gasteiger partial charge in [0.2, 0.25) is 0 Å². The van der Waals surface area contributed by atoms with E-state index in [1.54, 1.807) is 18.2 Å². The molecule has 8 heteroatoms. The van der Waals surface area contributed by atoms with Gasteiger partial charge in [-0.2, -0.15) is 13.2 Å². The summed E-state index contributed by atoms with van der Waals surface area (Å²) in [6.45, 7) is 0. The summed E-state index contributed by atoms with van der Waals surface area (Å²) in [6.07, 6.45) is -4.46. The summed E-state index contributed by atoms with van der Waals surface area (Å²) < 4.78 is 48.1. The van der Waals surface area contributed by atoms with Crippen molar-refractivity contribution in [3.8, 4) is 11.5 Å². The van der Waals surface area contributed by atoms with E-state index in [0.29, 0.717) is 11.5 Å². The van der Waals surface area contributed by atoms with Crippen molar-refractivity contribution >= 4 is 29.3 Å². The molecule has 0 fully saturated rings. The first-order valence-corrected chi connectivity index (χ1v) is 8.61. The lowest BCUT2D eigenvalue weighted by atomic mass is 10.2. The van der Waals surface area contributed by atoms with Gasteiger partial charge in [0.05, 0.1) is 23.4 Å². The molecule has 0 N–H and O–H groups in total. The van der Waals surface area contributed by atoms with Crippen molar-refractivity contribution in [3.63, 3.8) is 0 Å². The molecule has 0 radical (unpaired) electrons. The molecule has 3 nitrogen and oxygen atoms in total. The molecule has 134 valence electrons. The van der Waals surface area contributed by atoms with Crippen molar-refractivity contribution < 1.29 is 27.4 Å². The molecule has 25 heavy (non-hydrogen) atoms. The van der Waals surface area contributed by atoms with E-state index in [0.717, 1.165) is 17.7 Å². The number of carbonyl (C=O) groups excluding carboxylic acids is 1. The summed E-state index contributed by atoms with van der Waals surface area (Å²) in [5, 5.41) is -0.125. The number of carbonyl (C=O) groups is 1. The average Bonchev–Trinajstić information content (AvgIpc) is 2.56. The van der Waals surface area contributed by atoms with Crippen LogP contribution < -0.4 is 4.74 Å². The fourth-order valence-electron chi connectivity index (χ4n) is 1.90. The van der Waals surface area contributed by atoms with Gasteiger partial charge in [0.15, 0.2) is 0 Å². The third kappa shape index (κ3) is 5.86. The van der Waals surface area contributed by atoms with Gasteiger partial charge < -0.3 is 9.47 Å². The fraction of sp³-hybridized carbons (Fsp3) is 0.235. The minimum absolute atomic E-state index is 0.125. The molecule has 0 saturated heterocycles. The zero-order valence-electron chi connectivity index (χ0n) is 13.1. The predicted molar refractivity (Wildman–Crippen MR) is 91.1 cm³/mol. The van der Waals surface area contributed by atoms with Gasteiger partial charge in [0.1, 0.15) is 11.5 Å². The number of thioether (sulfide) groups is 1. The molecule has 0 spiro atoms. The normalized spacial score (nSPS) is 11.2. The molecule has 0 heterocycles. The highest BCUT2D eigenvalue weighted by molar-refractivity contribution is 7.99. The molecule has 0 aliphatic heterocycles. The highest BCUT2D eigenvalue weighted by Gasteiger charge is 2.31. The molecule has 0 aliphatic rings. The Kier molecular flexibility index (Phi) is 6.61. The lowest BCUT2D eigenvalue weighted by molar-refractivity contribution is -0.138. The van der Waals surface area contributed by atoms with Gasteiger partial charge in [0.25, 0.3) is 0 Å². The lowest BCUT2D eigenvalue weighted by Crippen LogP contribution is -2.04. The Morgan fingerprint density at radius 3 is 2.60 bits per heavy atom. The first kappa shape index (κ1) is 19.5. The zero-order chi connectivity index (χ0) is 18.4. The Morgan fingerprint density at radius 2 is 1.96 bits per heavy atom. The Balaban J connectivity index is 2.05. The number of alkyl halides is 3. The van der Waals surface area contributed by atoms with Gasteiger partial charge in [0, 0.05) is 5.75 Å². The Hall–Kier alpha value is -1.86. The van der Waals surface area contributed by atoms with Crippen molar-refractivity contribution in [2.75, 3.05) is 12.9 Å². The molecule has 0 aliphatic carbocycles. The molecule has 0 atom stereocenters. The fourth-order valence-corrected chi connectivity index (χ4v) is 2.92. The van der Waals surface area contributed by atoms with Crippen LogP contribution >= 0.6 is 23.4 Å². The van der Waals surface area contributed by atoms with Crippen LogP contribution in [0.2, 0.25) is 5.02 Å². The van der Waals surface area contributed by atoms with Crippen LogP contribution in [0.1, 0.15) is 11.1 Å². The minimum atomic E-state index is -4.46. The smallest absolute Gasteiger partial charge is 0.416 e. The van der Waals surface area contributed by atoms with Crippen molar-refractivity contribution in [1.82, 2.24) is 0 Å². The molecule has 2 aromatic carbocycles. The first-order chi connectivity index (χ1) is 11.8. The van der Waals surface area contributed by atoms with Crippen LogP contribution in [0.3, 0.4) is 0 Å². The SMILES string of the molecule is COC(=O)CSCc1cccc(Oc2ccc(C(F)(F)F)cc2Cl)c1.